The fourth-order valence-electron chi connectivity index (χ4n) is 6.50. The van der Waals surface area contributed by atoms with Crippen molar-refractivity contribution in [2.75, 3.05) is 19.7 Å². The number of hydrogen-bond acceptors (Lipinski definition) is 5. The first-order valence-corrected chi connectivity index (χ1v) is 13.5. The second kappa shape index (κ2) is 10.9. The molecule has 0 unspecified atom stereocenters. The molecule has 2 aliphatic heterocycles. The second-order valence-electron chi connectivity index (χ2n) is 10.8. The van der Waals surface area contributed by atoms with E-state index >= 15 is 0 Å². The lowest BCUT2D eigenvalue weighted by Crippen LogP contribution is -2.50. The van der Waals surface area contributed by atoms with Crippen molar-refractivity contribution in [1.82, 2.24) is 20.5 Å². The number of aliphatic hydroxyl groups is 1. The number of aromatic amines is 1. The number of carbonyl (C=O) groups is 3. The summed E-state index contributed by atoms with van der Waals surface area (Å²) in [5, 5.41) is 25.9. The van der Waals surface area contributed by atoms with Gasteiger partial charge in [0, 0.05) is 24.4 Å². The third kappa shape index (κ3) is 5.21. The number of nitrogens with one attached hydrogen (secondary N) is 3. The Morgan fingerprint density at radius 2 is 2.00 bits per heavy atom. The topological polar surface area (TPSA) is 138 Å². The smallest absolute Gasteiger partial charge is 0.270 e. The average molecular weight is 506 g/mol. The van der Waals surface area contributed by atoms with Crippen LogP contribution in [0.25, 0.3) is 10.9 Å². The normalized spacial score (nSPS) is 25.1. The van der Waals surface area contributed by atoms with E-state index in [0.29, 0.717) is 55.0 Å². The highest BCUT2D eigenvalue weighted by molar-refractivity contribution is 6.01. The summed E-state index contributed by atoms with van der Waals surface area (Å²) >= 11 is 0. The molecule has 3 aliphatic rings. The number of nitriles is 1. The van der Waals surface area contributed by atoms with Crippen molar-refractivity contribution in [3.05, 3.63) is 35.5 Å². The number of para-hydroxylation sites is 1. The molecule has 0 radical (unpaired) electrons. The van der Waals surface area contributed by atoms with Crippen LogP contribution in [0.5, 0.6) is 0 Å². The van der Waals surface area contributed by atoms with Crippen molar-refractivity contribution in [1.29, 1.82) is 5.26 Å². The lowest BCUT2D eigenvalue weighted by atomic mass is 9.79. The van der Waals surface area contributed by atoms with E-state index in [1.54, 1.807) is 23.1 Å². The van der Waals surface area contributed by atoms with Gasteiger partial charge in [0.1, 0.15) is 17.8 Å². The highest BCUT2D eigenvalue weighted by atomic mass is 16.3. The lowest BCUT2D eigenvalue weighted by Gasteiger charge is -2.27. The van der Waals surface area contributed by atoms with Gasteiger partial charge in [-0.2, -0.15) is 5.26 Å². The molecular weight excluding hydrogens is 470 g/mol. The maximum Gasteiger partial charge on any atom is 0.270 e. The summed E-state index contributed by atoms with van der Waals surface area (Å²) in [5.41, 5.74) is 1.45. The van der Waals surface area contributed by atoms with Gasteiger partial charge in [-0.1, -0.05) is 44.2 Å². The number of rotatable bonds is 7. The van der Waals surface area contributed by atoms with Crippen LogP contribution in [0.15, 0.2) is 24.3 Å². The number of aromatic nitrogens is 1. The molecule has 3 heterocycles. The number of likely N-dealkylation sites (tertiary alicyclic amines) is 1. The minimum atomic E-state index is -0.646. The molecule has 2 saturated heterocycles. The predicted octanol–water partition coefficient (Wildman–Crippen LogP) is 2.45. The van der Waals surface area contributed by atoms with Crippen LogP contribution in [0.4, 0.5) is 0 Å². The van der Waals surface area contributed by atoms with Crippen molar-refractivity contribution < 1.29 is 19.5 Å². The van der Waals surface area contributed by atoms with Crippen LogP contribution in [0.2, 0.25) is 0 Å². The Balaban J connectivity index is 1.37. The van der Waals surface area contributed by atoms with Crippen LogP contribution in [-0.4, -0.2) is 64.5 Å². The van der Waals surface area contributed by atoms with Gasteiger partial charge in [0.05, 0.1) is 23.7 Å². The Hall–Kier alpha value is -3.38. The van der Waals surface area contributed by atoms with Crippen molar-refractivity contribution >= 4 is 28.6 Å². The average Bonchev–Trinajstić information content (AvgIpc) is 3.66. The molecule has 1 aromatic heterocycles. The molecule has 1 aromatic carbocycles. The number of fused-ring (bicyclic) bond motifs is 1. The fraction of sp³-hybridized carbons (Fsp3) is 0.571. The zero-order chi connectivity index (χ0) is 25.9. The summed E-state index contributed by atoms with van der Waals surface area (Å²) in [5.74, 6) is -0.0715. The molecule has 1 aliphatic carbocycles. The molecule has 3 fully saturated rings. The van der Waals surface area contributed by atoms with Crippen molar-refractivity contribution in [2.45, 2.75) is 63.5 Å². The number of hydrogen-bond donors (Lipinski definition) is 4. The van der Waals surface area contributed by atoms with Crippen molar-refractivity contribution in [3.8, 4) is 6.07 Å². The second-order valence-corrected chi connectivity index (χ2v) is 10.8. The monoisotopic (exact) mass is 505 g/mol. The fourth-order valence-corrected chi connectivity index (χ4v) is 6.50. The van der Waals surface area contributed by atoms with Crippen LogP contribution >= 0.6 is 0 Å². The van der Waals surface area contributed by atoms with E-state index < -0.39 is 12.1 Å². The SMILES string of the molecule is N#Cc1cccc2cc(C(=O)N3C[C@H](C4CCCCC4)C[C@H]3C(=O)N[C@H](CO)C[C@@H]3CCNC3=O)[nH]c12. The van der Waals surface area contributed by atoms with Gasteiger partial charge in [0.25, 0.3) is 5.91 Å². The molecule has 196 valence electrons. The molecule has 4 atom stereocenters. The first-order chi connectivity index (χ1) is 18.0. The molecule has 37 heavy (non-hydrogen) atoms. The highest BCUT2D eigenvalue weighted by Gasteiger charge is 2.43. The summed E-state index contributed by atoms with van der Waals surface area (Å²) in [6, 6.07) is 8.06. The Labute approximate surface area is 216 Å². The molecule has 1 saturated carbocycles. The number of carbonyl (C=O) groups excluding carboxylic acids is 3. The van der Waals surface area contributed by atoms with Gasteiger partial charge in [0.15, 0.2) is 0 Å². The Morgan fingerprint density at radius 1 is 1.19 bits per heavy atom. The van der Waals surface area contributed by atoms with E-state index in [4.69, 9.17) is 0 Å². The molecule has 5 rings (SSSR count). The number of H-pyrrole nitrogens is 1. The molecule has 3 amide bonds. The molecule has 0 spiro atoms. The third-order valence-corrected chi connectivity index (χ3v) is 8.52. The predicted molar refractivity (Wildman–Crippen MR) is 137 cm³/mol. The Morgan fingerprint density at radius 3 is 2.70 bits per heavy atom. The lowest BCUT2D eigenvalue weighted by molar-refractivity contribution is -0.127. The molecular formula is C28H35N5O4. The molecule has 0 bridgehead atoms. The van der Waals surface area contributed by atoms with E-state index in [9.17, 15) is 24.8 Å². The minimum absolute atomic E-state index is 0.0433. The summed E-state index contributed by atoms with van der Waals surface area (Å²) in [4.78, 5) is 44.1. The molecule has 2 aromatic rings. The van der Waals surface area contributed by atoms with E-state index in [2.05, 4.69) is 21.7 Å². The summed E-state index contributed by atoms with van der Waals surface area (Å²) in [7, 11) is 0. The standard InChI is InChI=1S/C28H35N5O4/c29-14-20-8-4-7-18-12-23(32-25(18)20)28(37)33-15-21(17-5-2-1-3-6-17)13-24(33)27(36)31-22(16-34)11-19-9-10-30-26(19)35/h4,7-8,12,17,19,21-22,24,32,34H,1-3,5-6,9-11,13,15-16H2,(H,30,35)(H,31,36)/t19-,21+,22-,24-/m0/s1. The summed E-state index contributed by atoms with van der Waals surface area (Å²) in [6.07, 6.45) is 7.49. The number of benzene rings is 1. The Kier molecular flexibility index (Phi) is 7.47. The van der Waals surface area contributed by atoms with Crippen molar-refractivity contribution in [3.63, 3.8) is 0 Å². The molecule has 9 nitrogen and oxygen atoms in total. The zero-order valence-corrected chi connectivity index (χ0v) is 21.0. The van der Waals surface area contributed by atoms with Gasteiger partial charge in [-0.15, -0.1) is 0 Å². The van der Waals surface area contributed by atoms with E-state index in [1.807, 2.05) is 6.07 Å². The van der Waals surface area contributed by atoms with Gasteiger partial charge >= 0.3 is 0 Å². The first-order valence-electron chi connectivity index (χ1n) is 13.5. The Bertz CT molecular complexity index is 1210. The van der Waals surface area contributed by atoms with Gasteiger partial charge in [-0.3, -0.25) is 14.4 Å². The van der Waals surface area contributed by atoms with Crippen LogP contribution in [0, 0.1) is 29.1 Å². The van der Waals surface area contributed by atoms with E-state index in [1.165, 1.54) is 19.3 Å². The summed E-state index contributed by atoms with van der Waals surface area (Å²) < 4.78 is 0. The highest BCUT2D eigenvalue weighted by Crippen LogP contribution is 2.38. The van der Waals surface area contributed by atoms with Crippen LogP contribution in [0.3, 0.4) is 0 Å². The van der Waals surface area contributed by atoms with Crippen LogP contribution in [-0.2, 0) is 9.59 Å². The maximum atomic E-state index is 13.8. The van der Waals surface area contributed by atoms with E-state index in [0.717, 1.165) is 18.2 Å². The number of amides is 3. The summed E-state index contributed by atoms with van der Waals surface area (Å²) in [6.45, 7) is 0.861. The third-order valence-electron chi connectivity index (χ3n) is 8.52. The van der Waals surface area contributed by atoms with E-state index in [-0.39, 0.29) is 36.2 Å². The largest absolute Gasteiger partial charge is 0.394 e. The van der Waals surface area contributed by atoms with Crippen LogP contribution in [0.1, 0.15) is 67.4 Å². The van der Waals surface area contributed by atoms with Gasteiger partial charge in [0.2, 0.25) is 11.8 Å². The number of aliphatic hydroxyl groups excluding tert-OH is 1. The zero-order valence-electron chi connectivity index (χ0n) is 21.0. The van der Waals surface area contributed by atoms with Gasteiger partial charge < -0.3 is 25.6 Å². The quantitative estimate of drug-likeness (QED) is 0.458. The molecule has 9 heteroatoms. The first kappa shape index (κ1) is 25.3. The van der Waals surface area contributed by atoms with Gasteiger partial charge in [-0.25, -0.2) is 0 Å². The minimum Gasteiger partial charge on any atom is -0.394 e. The number of nitrogens with zero attached hydrogens (tertiary/aromatic N) is 2. The van der Waals surface area contributed by atoms with Gasteiger partial charge in [-0.05, 0) is 43.2 Å². The van der Waals surface area contributed by atoms with Crippen molar-refractivity contribution in [2.24, 2.45) is 17.8 Å². The maximum absolute atomic E-state index is 13.8. The molecule has 4 N–H and O–H groups in total. The van der Waals surface area contributed by atoms with Crippen LogP contribution < -0.4 is 10.6 Å².